The number of rotatable bonds is 5. The first kappa shape index (κ1) is 14.8. The van der Waals surface area contributed by atoms with Crippen molar-refractivity contribution in [3.8, 4) is 11.5 Å². The second-order valence-corrected chi connectivity index (χ2v) is 6.16. The summed E-state index contributed by atoms with van der Waals surface area (Å²) in [6, 6.07) is 4.22. The highest BCUT2D eigenvalue weighted by Gasteiger charge is 2.39. The number of carbonyl (C=O) groups excluding carboxylic acids is 3. The molecule has 0 bridgehead atoms. The first-order valence-corrected chi connectivity index (χ1v) is 7.90. The Morgan fingerprint density at radius 3 is 2.83 bits per heavy atom. The topological polar surface area (TPSA) is 97.0 Å². The molecule has 8 nitrogen and oxygen atoms in total. The fraction of sp³-hybridized carbons (Fsp3) is 0.438. The molecule has 0 spiro atoms. The molecule has 1 atom stereocenters. The van der Waals surface area contributed by atoms with Crippen molar-refractivity contribution in [3.05, 3.63) is 23.8 Å². The molecule has 1 unspecified atom stereocenters. The van der Waals surface area contributed by atoms with E-state index in [2.05, 4.69) is 10.6 Å². The van der Waals surface area contributed by atoms with E-state index in [9.17, 15) is 14.4 Å². The van der Waals surface area contributed by atoms with Crippen LogP contribution in [0.15, 0.2) is 18.2 Å². The Labute approximate surface area is 138 Å². The van der Waals surface area contributed by atoms with Crippen LogP contribution in [0.2, 0.25) is 0 Å². The largest absolute Gasteiger partial charge is 0.454 e. The average molecular weight is 331 g/mol. The molecule has 4 rings (SSSR count). The van der Waals surface area contributed by atoms with Gasteiger partial charge in [0.2, 0.25) is 12.7 Å². The van der Waals surface area contributed by atoms with E-state index < -0.39 is 12.1 Å². The summed E-state index contributed by atoms with van der Waals surface area (Å²) in [6.07, 6.45) is 1.93. The molecule has 1 aromatic rings. The molecule has 126 valence electrons. The van der Waals surface area contributed by atoms with Crippen molar-refractivity contribution >= 4 is 17.8 Å². The fourth-order valence-corrected chi connectivity index (χ4v) is 2.79. The molecule has 1 saturated carbocycles. The van der Waals surface area contributed by atoms with E-state index in [0.29, 0.717) is 11.5 Å². The highest BCUT2D eigenvalue weighted by Crippen LogP contribution is 2.33. The zero-order valence-electron chi connectivity index (χ0n) is 12.9. The molecule has 0 radical (unpaired) electrons. The van der Waals surface area contributed by atoms with Crippen LogP contribution in [0, 0.1) is 0 Å². The van der Waals surface area contributed by atoms with Gasteiger partial charge in [0.05, 0.1) is 13.0 Å². The SMILES string of the molecule is O=C(CC1NC(=O)N(Cc2ccc3c(c2)OCO3)C1=O)NC1CC1. The predicted octanol–water partition coefficient (Wildman–Crippen LogP) is 0.504. The number of nitrogens with one attached hydrogen (secondary N) is 2. The van der Waals surface area contributed by atoms with Gasteiger partial charge in [-0.15, -0.1) is 0 Å². The minimum Gasteiger partial charge on any atom is -0.454 e. The fourth-order valence-electron chi connectivity index (χ4n) is 2.79. The Bertz CT molecular complexity index is 716. The standard InChI is InChI=1S/C16H17N3O5/c20-14(17-10-2-3-10)6-11-15(21)19(16(22)18-11)7-9-1-4-12-13(5-9)24-8-23-12/h1,4-5,10-11H,2-3,6-8H2,(H,17,20)(H,18,22). The smallest absolute Gasteiger partial charge is 0.325 e. The van der Waals surface area contributed by atoms with Crippen molar-refractivity contribution in [2.45, 2.75) is 37.9 Å². The summed E-state index contributed by atoms with van der Waals surface area (Å²) in [5, 5.41) is 5.39. The number of urea groups is 1. The molecule has 2 fully saturated rings. The molecule has 1 aromatic carbocycles. The Morgan fingerprint density at radius 2 is 2.04 bits per heavy atom. The van der Waals surface area contributed by atoms with Crippen molar-refractivity contribution < 1.29 is 23.9 Å². The van der Waals surface area contributed by atoms with Crippen LogP contribution in [0.3, 0.4) is 0 Å². The molecule has 24 heavy (non-hydrogen) atoms. The summed E-state index contributed by atoms with van der Waals surface area (Å²) in [4.78, 5) is 37.4. The number of fused-ring (bicyclic) bond motifs is 1. The number of benzene rings is 1. The van der Waals surface area contributed by atoms with Crippen LogP contribution in [-0.2, 0) is 16.1 Å². The van der Waals surface area contributed by atoms with Gasteiger partial charge in [-0.25, -0.2) is 4.79 Å². The number of hydrogen-bond acceptors (Lipinski definition) is 5. The Balaban J connectivity index is 1.40. The second kappa shape index (κ2) is 5.70. The number of hydrogen-bond donors (Lipinski definition) is 2. The summed E-state index contributed by atoms with van der Waals surface area (Å²) in [5.41, 5.74) is 0.755. The number of amides is 4. The summed E-state index contributed by atoms with van der Waals surface area (Å²) >= 11 is 0. The highest BCUT2D eigenvalue weighted by molar-refractivity contribution is 6.05. The maximum Gasteiger partial charge on any atom is 0.325 e. The van der Waals surface area contributed by atoms with E-state index in [4.69, 9.17) is 9.47 Å². The van der Waals surface area contributed by atoms with Gasteiger partial charge in [-0.3, -0.25) is 14.5 Å². The lowest BCUT2D eigenvalue weighted by molar-refractivity contribution is -0.131. The lowest BCUT2D eigenvalue weighted by Gasteiger charge is -2.13. The third-order valence-corrected chi connectivity index (χ3v) is 4.22. The van der Waals surface area contributed by atoms with E-state index in [-0.39, 0.29) is 37.6 Å². The molecule has 2 aliphatic heterocycles. The van der Waals surface area contributed by atoms with Crippen molar-refractivity contribution in [2.24, 2.45) is 0 Å². The Hall–Kier alpha value is -2.77. The zero-order valence-corrected chi connectivity index (χ0v) is 12.9. The minimum atomic E-state index is -0.801. The average Bonchev–Trinajstić information content (AvgIpc) is 3.17. The first-order valence-electron chi connectivity index (χ1n) is 7.90. The van der Waals surface area contributed by atoms with E-state index in [1.165, 1.54) is 0 Å². The van der Waals surface area contributed by atoms with Gasteiger partial charge < -0.3 is 20.1 Å². The van der Waals surface area contributed by atoms with Crippen LogP contribution < -0.4 is 20.1 Å². The number of ether oxygens (including phenoxy) is 2. The summed E-state index contributed by atoms with van der Waals surface area (Å²) in [5.74, 6) is 0.648. The van der Waals surface area contributed by atoms with Crippen molar-refractivity contribution in [1.29, 1.82) is 0 Å². The lowest BCUT2D eigenvalue weighted by Crippen LogP contribution is -2.37. The van der Waals surface area contributed by atoms with Crippen LogP contribution in [0.5, 0.6) is 11.5 Å². The third kappa shape index (κ3) is 2.86. The van der Waals surface area contributed by atoms with Crippen molar-refractivity contribution in [1.82, 2.24) is 15.5 Å². The maximum absolute atomic E-state index is 12.4. The zero-order chi connectivity index (χ0) is 16.7. The quantitative estimate of drug-likeness (QED) is 0.766. The summed E-state index contributed by atoms with van der Waals surface area (Å²) in [6.45, 7) is 0.294. The maximum atomic E-state index is 12.4. The normalized spacial score (nSPS) is 21.8. The number of imide groups is 1. The molecule has 4 amide bonds. The van der Waals surface area contributed by atoms with Crippen LogP contribution >= 0.6 is 0 Å². The van der Waals surface area contributed by atoms with Gasteiger partial charge in [0.1, 0.15) is 6.04 Å². The number of nitrogens with zero attached hydrogens (tertiary/aromatic N) is 1. The molecular formula is C16H17N3O5. The van der Waals surface area contributed by atoms with Gasteiger partial charge in [-0.1, -0.05) is 6.07 Å². The highest BCUT2D eigenvalue weighted by atomic mass is 16.7. The molecule has 3 aliphatic rings. The lowest BCUT2D eigenvalue weighted by atomic mass is 10.1. The molecule has 1 aliphatic carbocycles. The van der Waals surface area contributed by atoms with Crippen molar-refractivity contribution in [3.63, 3.8) is 0 Å². The molecule has 2 heterocycles. The van der Waals surface area contributed by atoms with Crippen LogP contribution in [-0.4, -0.2) is 41.6 Å². The monoisotopic (exact) mass is 331 g/mol. The van der Waals surface area contributed by atoms with Gasteiger partial charge >= 0.3 is 6.03 Å². The Morgan fingerprint density at radius 1 is 1.25 bits per heavy atom. The van der Waals surface area contributed by atoms with Crippen LogP contribution in [0.25, 0.3) is 0 Å². The molecule has 0 aromatic heterocycles. The Kier molecular flexibility index (Phi) is 3.51. The van der Waals surface area contributed by atoms with Crippen LogP contribution in [0.4, 0.5) is 4.79 Å². The molecular weight excluding hydrogens is 314 g/mol. The second-order valence-electron chi connectivity index (χ2n) is 6.16. The van der Waals surface area contributed by atoms with E-state index in [1.807, 2.05) is 0 Å². The van der Waals surface area contributed by atoms with Gasteiger partial charge in [-0.2, -0.15) is 0 Å². The minimum absolute atomic E-state index is 0.0291. The summed E-state index contributed by atoms with van der Waals surface area (Å²) < 4.78 is 10.5. The van der Waals surface area contributed by atoms with E-state index in [0.717, 1.165) is 23.3 Å². The first-order chi connectivity index (χ1) is 11.6. The molecule has 8 heteroatoms. The van der Waals surface area contributed by atoms with Crippen LogP contribution in [0.1, 0.15) is 24.8 Å². The predicted molar refractivity (Wildman–Crippen MR) is 81.2 cm³/mol. The molecule has 1 saturated heterocycles. The van der Waals surface area contributed by atoms with Gasteiger partial charge in [-0.05, 0) is 30.5 Å². The third-order valence-electron chi connectivity index (χ3n) is 4.22. The van der Waals surface area contributed by atoms with Gasteiger partial charge in [0.25, 0.3) is 5.91 Å². The van der Waals surface area contributed by atoms with Gasteiger partial charge in [0.15, 0.2) is 11.5 Å². The molecule has 2 N–H and O–H groups in total. The van der Waals surface area contributed by atoms with E-state index in [1.54, 1.807) is 18.2 Å². The summed E-state index contributed by atoms with van der Waals surface area (Å²) in [7, 11) is 0. The van der Waals surface area contributed by atoms with Gasteiger partial charge in [0, 0.05) is 6.04 Å². The number of carbonyl (C=O) groups is 3. The van der Waals surface area contributed by atoms with E-state index >= 15 is 0 Å². The van der Waals surface area contributed by atoms with Crippen molar-refractivity contribution in [2.75, 3.05) is 6.79 Å².